The molecular weight excluding hydrogens is 92.1 g/mol. The van der Waals surface area contributed by atoms with Gasteiger partial charge in [0.15, 0.2) is 0 Å². The molecule has 0 aliphatic rings. The summed E-state index contributed by atoms with van der Waals surface area (Å²) in [6.07, 6.45) is 5.35. The van der Waals surface area contributed by atoms with E-state index in [1.807, 2.05) is 0 Å². The van der Waals surface area contributed by atoms with Crippen LogP contribution in [0.15, 0.2) is 6.20 Å². The SMILES string of the molecule is N#Cn1n[c]cn1. The summed E-state index contributed by atoms with van der Waals surface area (Å²) in [5, 5.41) is 14.8. The van der Waals surface area contributed by atoms with Crippen LogP contribution in [0.3, 0.4) is 0 Å². The second-order valence-corrected chi connectivity index (χ2v) is 0.863. The second kappa shape index (κ2) is 1.39. The average Bonchev–Trinajstić information content (AvgIpc) is 2.14. The summed E-state index contributed by atoms with van der Waals surface area (Å²) in [5.41, 5.74) is 0. The minimum Gasteiger partial charge on any atom is -0.169 e. The van der Waals surface area contributed by atoms with Gasteiger partial charge in [0.25, 0.3) is 0 Å². The van der Waals surface area contributed by atoms with E-state index in [9.17, 15) is 0 Å². The molecule has 0 saturated carbocycles. The van der Waals surface area contributed by atoms with Crippen LogP contribution in [0.5, 0.6) is 0 Å². The summed E-state index contributed by atoms with van der Waals surface area (Å²) < 4.78 is 0. The van der Waals surface area contributed by atoms with Gasteiger partial charge in [0.1, 0.15) is 6.20 Å². The van der Waals surface area contributed by atoms with Gasteiger partial charge in [0, 0.05) is 0 Å². The Morgan fingerprint density at radius 1 is 1.86 bits per heavy atom. The fourth-order valence-electron chi connectivity index (χ4n) is 0.235. The normalized spacial score (nSPS) is 7.86. The van der Waals surface area contributed by atoms with E-state index in [-0.39, 0.29) is 0 Å². The lowest BCUT2D eigenvalue weighted by Crippen LogP contribution is -1.90. The highest BCUT2D eigenvalue weighted by Crippen LogP contribution is 1.65. The van der Waals surface area contributed by atoms with Crippen molar-refractivity contribution in [3.8, 4) is 6.19 Å². The van der Waals surface area contributed by atoms with Crippen LogP contribution in [-0.4, -0.2) is 15.0 Å². The summed E-state index contributed by atoms with van der Waals surface area (Å²) in [5.74, 6) is 0. The lowest BCUT2D eigenvalue weighted by Gasteiger charge is -1.69. The maximum atomic E-state index is 7.99. The fraction of sp³-hybridized carbons (Fsp3) is 0. The van der Waals surface area contributed by atoms with Crippen LogP contribution >= 0.6 is 0 Å². The van der Waals surface area contributed by atoms with Gasteiger partial charge in [0.05, 0.1) is 6.20 Å². The van der Waals surface area contributed by atoms with Gasteiger partial charge in [-0.25, -0.2) is 0 Å². The molecule has 1 aromatic rings. The fourth-order valence-corrected chi connectivity index (χ4v) is 0.235. The van der Waals surface area contributed by atoms with Gasteiger partial charge in [-0.2, -0.15) is 5.26 Å². The number of nitriles is 1. The van der Waals surface area contributed by atoms with E-state index in [2.05, 4.69) is 16.4 Å². The molecule has 0 N–H and O–H groups in total. The topological polar surface area (TPSA) is 54.5 Å². The predicted molar refractivity (Wildman–Crippen MR) is 19.9 cm³/mol. The first-order chi connectivity index (χ1) is 3.43. The zero-order valence-corrected chi connectivity index (χ0v) is 3.37. The molecule has 0 unspecified atom stereocenters. The van der Waals surface area contributed by atoms with Crippen molar-refractivity contribution in [3.63, 3.8) is 0 Å². The van der Waals surface area contributed by atoms with E-state index in [1.54, 1.807) is 6.19 Å². The van der Waals surface area contributed by atoms with Crippen molar-refractivity contribution in [3.05, 3.63) is 12.4 Å². The standard InChI is InChI=1S/C3HN4/c4-3-7-5-1-2-6-7/h1H. The number of rotatable bonds is 0. The lowest BCUT2D eigenvalue weighted by atomic mass is 11.0. The van der Waals surface area contributed by atoms with Crippen molar-refractivity contribution in [2.24, 2.45) is 0 Å². The molecule has 1 radical (unpaired) electrons. The summed E-state index contributed by atoms with van der Waals surface area (Å²) in [7, 11) is 0. The Morgan fingerprint density at radius 3 is 3.00 bits per heavy atom. The molecule has 1 rings (SSSR count). The van der Waals surface area contributed by atoms with Crippen LogP contribution in [0.25, 0.3) is 0 Å². The van der Waals surface area contributed by atoms with Crippen molar-refractivity contribution in [2.75, 3.05) is 0 Å². The minimum absolute atomic E-state index is 0.875. The smallest absolute Gasteiger partial charge is 0.169 e. The highest BCUT2D eigenvalue weighted by molar-refractivity contribution is 4.69. The van der Waals surface area contributed by atoms with E-state index in [0.717, 1.165) is 4.80 Å². The zero-order chi connectivity index (χ0) is 5.11. The number of hydrogen-bond donors (Lipinski definition) is 0. The summed E-state index contributed by atoms with van der Waals surface area (Å²) in [6.45, 7) is 0. The van der Waals surface area contributed by atoms with Crippen molar-refractivity contribution in [1.82, 2.24) is 15.0 Å². The van der Waals surface area contributed by atoms with Crippen LogP contribution in [0, 0.1) is 17.7 Å². The zero-order valence-electron chi connectivity index (χ0n) is 3.37. The molecule has 0 aromatic carbocycles. The maximum Gasteiger partial charge on any atom is 0.225 e. The van der Waals surface area contributed by atoms with Crippen LogP contribution in [0.1, 0.15) is 0 Å². The molecule has 7 heavy (non-hydrogen) atoms. The molecule has 0 aliphatic carbocycles. The van der Waals surface area contributed by atoms with Crippen LogP contribution in [-0.2, 0) is 0 Å². The highest BCUT2D eigenvalue weighted by Gasteiger charge is 1.79. The molecule has 0 atom stereocenters. The summed E-state index contributed by atoms with van der Waals surface area (Å²) in [6, 6.07) is 0. The third-order valence-corrected chi connectivity index (χ3v) is 0.467. The second-order valence-electron chi connectivity index (χ2n) is 0.863. The van der Waals surface area contributed by atoms with Gasteiger partial charge in [0.2, 0.25) is 6.19 Å². The minimum atomic E-state index is 0.875. The first-order valence-corrected chi connectivity index (χ1v) is 1.62. The van der Waals surface area contributed by atoms with E-state index in [4.69, 9.17) is 5.26 Å². The Labute approximate surface area is 40.0 Å². The summed E-state index contributed by atoms with van der Waals surface area (Å²) in [4.78, 5) is 0.875. The Bertz CT molecular complexity index is 169. The van der Waals surface area contributed by atoms with Gasteiger partial charge in [-0.1, -0.05) is 4.80 Å². The highest BCUT2D eigenvalue weighted by atomic mass is 15.4. The van der Waals surface area contributed by atoms with Gasteiger partial charge in [-0.05, 0) is 0 Å². The van der Waals surface area contributed by atoms with E-state index < -0.39 is 0 Å². The third-order valence-electron chi connectivity index (χ3n) is 0.467. The van der Waals surface area contributed by atoms with Crippen molar-refractivity contribution >= 4 is 0 Å². The first kappa shape index (κ1) is 3.81. The van der Waals surface area contributed by atoms with Gasteiger partial charge >= 0.3 is 0 Å². The number of aromatic nitrogens is 3. The molecule has 0 spiro atoms. The molecule has 4 nitrogen and oxygen atoms in total. The quantitative estimate of drug-likeness (QED) is 0.430. The molecule has 0 amide bonds. The number of nitrogens with zero attached hydrogens (tertiary/aromatic N) is 4. The molecule has 0 fully saturated rings. The van der Waals surface area contributed by atoms with Crippen LogP contribution in [0.4, 0.5) is 0 Å². The monoisotopic (exact) mass is 93.0 g/mol. The Morgan fingerprint density at radius 2 is 2.71 bits per heavy atom. The Balaban J connectivity index is 3.04. The van der Waals surface area contributed by atoms with Gasteiger partial charge in [-0.3, -0.25) is 0 Å². The molecule has 0 bridgehead atoms. The van der Waals surface area contributed by atoms with Gasteiger partial charge in [-0.15, -0.1) is 10.2 Å². The first-order valence-electron chi connectivity index (χ1n) is 1.62. The molecule has 4 heteroatoms. The van der Waals surface area contributed by atoms with Crippen molar-refractivity contribution < 1.29 is 0 Å². The molecule has 0 aliphatic heterocycles. The van der Waals surface area contributed by atoms with Crippen molar-refractivity contribution in [1.29, 1.82) is 5.26 Å². The molecule has 0 saturated heterocycles. The average molecular weight is 93.1 g/mol. The van der Waals surface area contributed by atoms with Gasteiger partial charge < -0.3 is 0 Å². The maximum absolute atomic E-state index is 7.99. The molecule has 1 aromatic heterocycles. The number of hydrogen-bond acceptors (Lipinski definition) is 3. The predicted octanol–water partition coefficient (Wildman–Crippen LogP) is -0.593. The molecule has 1 heterocycles. The molecule has 33 valence electrons. The van der Waals surface area contributed by atoms with E-state index >= 15 is 0 Å². The Kier molecular flexibility index (Phi) is 0.755. The van der Waals surface area contributed by atoms with E-state index in [1.165, 1.54) is 6.20 Å². The lowest BCUT2D eigenvalue weighted by molar-refractivity contribution is 0.766. The summed E-state index contributed by atoms with van der Waals surface area (Å²) >= 11 is 0. The van der Waals surface area contributed by atoms with Crippen LogP contribution in [0.2, 0.25) is 0 Å². The largest absolute Gasteiger partial charge is 0.225 e. The van der Waals surface area contributed by atoms with Crippen molar-refractivity contribution in [2.45, 2.75) is 0 Å². The van der Waals surface area contributed by atoms with E-state index in [0.29, 0.717) is 0 Å². The van der Waals surface area contributed by atoms with Crippen LogP contribution < -0.4 is 0 Å². The molecular formula is C3HN4. The Hall–Kier alpha value is -1.37. The third kappa shape index (κ3) is 0.550.